The summed E-state index contributed by atoms with van der Waals surface area (Å²) in [5, 5.41) is 10.4. The zero-order chi connectivity index (χ0) is 12.6. The molecule has 3 nitrogen and oxygen atoms in total. The number of rotatable bonds is 2. The Bertz CT molecular complexity index is 273. The quantitative estimate of drug-likeness (QED) is 0.628. The summed E-state index contributed by atoms with van der Waals surface area (Å²) in [5.74, 6) is -0.328. The molecule has 0 aliphatic heterocycles. The van der Waals surface area contributed by atoms with Crippen LogP contribution in [0, 0.1) is 11.3 Å². The van der Waals surface area contributed by atoms with E-state index in [0.29, 0.717) is 4.83 Å². The summed E-state index contributed by atoms with van der Waals surface area (Å²) >= 11 is 3.66. The predicted molar refractivity (Wildman–Crippen MR) is 66.5 cm³/mol. The lowest BCUT2D eigenvalue weighted by molar-refractivity contribution is -0.153. The summed E-state index contributed by atoms with van der Waals surface area (Å²) < 4.78 is 5.08. The van der Waals surface area contributed by atoms with Gasteiger partial charge in [0.15, 0.2) is 0 Å². The molecule has 1 fully saturated rings. The van der Waals surface area contributed by atoms with Gasteiger partial charge in [0.2, 0.25) is 0 Å². The summed E-state index contributed by atoms with van der Waals surface area (Å²) in [6, 6.07) is 0. The lowest BCUT2D eigenvalue weighted by Gasteiger charge is -2.50. The third-order valence-electron chi connectivity index (χ3n) is 3.81. The average Bonchev–Trinajstić information content (AvgIpc) is 2.11. The topological polar surface area (TPSA) is 46.5 Å². The molecule has 4 heteroatoms. The molecule has 0 heterocycles. The molecule has 16 heavy (non-hydrogen) atoms. The smallest absolute Gasteiger partial charge is 0.302 e. The van der Waals surface area contributed by atoms with Gasteiger partial charge in [0.05, 0.1) is 12.2 Å². The number of aliphatic hydroxyl groups is 1. The van der Waals surface area contributed by atoms with Crippen LogP contribution in [0.3, 0.4) is 0 Å². The normalized spacial score (nSPS) is 38.1. The molecular weight excluding hydrogens is 272 g/mol. The maximum absolute atomic E-state index is 10.9. The molecule has 0 spiro atoms. The predicted octanol–water partition coefficient (Wildman–Crippen LogP) is 2.50. The summed E-state index contributed by atoms with van der Waals surface area (Å²) in [5.41, 5.74) is -0.847. The van der Waals surface area contributed by atoms with E-state index in [1.165, 1.54) is 6.92 Å². The third-order valence-corrected chi connectivity index (χ3v) is 5.45. The number of ether oxygens (including phenoxy) is 1. The summed E-state index contributed by atoms with van der Waals surface area (Å²) in [4.78, 5) is 11.2. The Labute approximate surface area is 106 Å². The van der Waals surface area contributed by atoms with Crippen LogP contribution in [0.25, 0.3) is 0 Å². The van der Waals surface area contributed by atoms with E-state index in [-0.39, 0.29) is 23.9 Å². The highest BCUT2D eigenvalue weighted by molar-refractivity contribution is 9.09. The molecule has 1 rings (SSSR count). The van der Waals surface area contributed by atoms with Crippen molar-refractivity contribution in [3.63, 3.8) is 0 Å². The van der Waals surface area contributed by atoms with Crippen molar-refractivity contribution in [1.82, 2.24) is 0 Å². The largest absolute Gasteiger partial charge is 0.465 e. The minimum atomic E-state index is -0.761. The summed E-state index contributed by atoms with van der Waals surface area (Å²) in [6.07, 6.45) is 1.68. The standard InChI is InChI=1S/C12H21BrO3/c1-8(14)16-7-9-11(2,3)10(13)5-6-12(9,4)15/h9-10,15H,5-7H2,1-4H3/t9-,10+,12+/m0/s1. The molecule has 94 valence electrons. The van der Waals surface area contributed by atoms with Crippen molar-refractivity contribution < 1.29 is 14.6 Å². The molecule has 0 amide bonds. The maximum Gasteiger partial charge on any atom is 0.302 e. The van der Waals surface area contributed by atoms with Gasteiger partial charge in [0, 0.05) is 17.7 Å². The molecule has 0 radical (unpaired) electrons. The zero-order valence-electron chi connectivity index (χ0n) is 10.4. The number of carbonyl (C=O) groups is 1. The molecule has 1 aliphatic carbocycles. The first kappa shape index (κ1) is 14.0. The maximum atomic E-state index is 10.9. The Kier molecular flexibility index (Phi) is 4.06. The summed E-state index contributed by atoms with van der Waals surface area (Å²) in [6.45, 7) is 7.73. The molecule has 0 aromatic heterocycles. The van der Waals surface area contributed by atoms with E-state index >= 15 is 0 Å². The van der Waals surface area contributed by atoms with E-state index in [0.717, 1.165) is 12.8 Å². The van der Waals surface area contributed by atoms with E-state index < -0.39 is 5.60 Å². The first-order chi connectivity index (χ1) is 7.18. The van der Waals surface area contributed by atoms with Gasteiger partial charge in [-0.05, 0) is 25.2 Å². The van der Waals surface area contributed by atoms with Gasteiger partial charge in [0.1, 0.15) is 0 Å². The Morgan fingerprint density at radius 2 is 2.06 bits per heavy atom. The fourth-order valence-corrected chi connectivity index (χ4v) is 3.13. The highest BCUT2D eigenvalue weighted by Gasteiger charge is 2.50. The molecule has 1 N–H and O–H groups in total. The molecule has 0 aromatic carbocycles. The van der Waals surface area contributed by atoms with E-state index in [2.05, 4.69) is 29.8 Å². The minimum Gasteiger partial charge on any atom is -0.465 e. The van der Waals surface area contributed by atoms with Gasteiger partial charge in [-0.25, -0.2) is 0 Å². The Morgan fingerprint density at radius 3 is 2.56 bits per heavy atom. The third kappa shape index (κ3) is 2.77. The van der Waals surface area contributed by atoms with Crippen molar-refractivity contribution in [2.24, 2.45) is 11.3 Å². The lowest BCUT2D eigenvalue weighted by atomic mass is 9.62. The number of esters is 1. The fraction of sp³-hybridized carbons (Fsp3) is 0.917. The highest BCUT2D eigenvalue weighted by atomic mass is 79.9. The van der Waals surface area contributed by atoms with Crippen LogP contribution >= 0.6 is 15.9 Å². The molecule has 1 saturated carbocycles. The second-order valence-corrected chi connectivity index (χ2v) is 6.65. The van der Waals surface area contributed by atoms with E-state index in [4.69, 9.17) is 4.74 Å². The SMILES string of the molecule is CC(=O)OC[C@H]1C(C)(C)[C@H](Br)CC[C@@]1(C)O. The average molecular weight is 293 g/mol. The number of halogens is 1. The summed E-state index contributed by atoms with van der Waals surface area (Å²) in [7, 11) is 0. The van der Waals surface area contributed by atoms with E-state index in [1.54, 1.807) is 0 Å². The number of hydrogen-bond acceptors (Lipinski definition) is 3. The lowest BCUT2D eigenvalue weighted by Crippen LogP contribution is -2.53. The molecule has 3 atom stereocenters. The van der Waals surface area contributed by atoms with Gasteiger partial charge >= 0.3 is 5.97 Å². The Balaban J connectivity index is 2.83. The van der Waals surface area contributed by atoms with Crippen LogP contribution in [0.1, 0.15) is 40.5 Å². The van der Waals surface area contributed by atoms with Gasteiger partial charge < -0.3 is 9.84 Å². The second kappa shape index (κ2) is 4.65. The molecule has 0 saturated heterocycles. The van der Waals surface area contributed by atoms with Crippen molar-refractivity contribution in [3.8, 4) is 0 Å². The number of hydrogen-bond donors (Lipinski definition) is 1. The van der Waals surface area contributed by atoms with Crippen LogP contribution in [0.5, 0.6) is 0 Å². The number of carbonyl (C=O) groups excluding carboxylic acids is 1. The highest BCUT2D eigenvalue weighted by Crippen LogP contribution is 2.49. The van der Waals surface area contributed by atoms with Gasteiger partial charge in [0.25, 0.3) is 0 Å². The van der Waals surface area contributed by atoms with Crippen LogP contribution in [0.4, 0.5) is 0 Å². The monoisotopic (exact) mass is 292 g/mol. The van der Waals surface area contributed by atoms with Crippen molar-refractivity contribution >= 4 is 21.9 Å². The number of alkyl halides is 1. The van der Waals surface area contributed by atoms with Crippen molar-refractivity contribution in [2.75, 3.05) is 6.61 Å². The minimum absolute atomic E-state index is 0.0398. The fourth-order valence-electron chi connectivity index (χ4n) is 2.58. The Hall–Kier alpha value is -0.0900. The van der Waals surface area contributed by atoms with Crippen molar-refractivity contribution in [1.29, 1.82) is 0 Å². The van der Waals surface area contributed by atoms with Gasteiger partial charge in [-0.3, -0.25) is 4.79 Å². The molecule has 0 aromatic rings. The molecule has 1 aliphatic rings. The van der Waals surface area contributed by atoms with Crippen LogP contribution in [-0.2, 0) is 9.53 Å². The van der Waals surface area contributed by atoms with Crippen molar-refractivity contribution in [3.05, 3.63) is 0 Å². The molecule has 0 unspecified atom stereocenters. The first-order valence-corrected chi connectivity index (χ1v) is 6.59. The molecular formula is C12H21BrO3. The van der Waals surface area contributed by atoms with Gasteiger partial charge in [-0.1, -0.05) is 29.8 Å². The van der Waals surface area contributed by atoms with Crippen LogP contribution in [0.15, 0.2) is 0 Å². The van der Waals surface area contributed by atoms with Crippen LogP contribution in [-0.4, -0.2) is 28.1 Å². The van der Waals surface area contributed by atoms with E-state index in [9.17, 15) is 9.90 Å². The second-order valence-electron chi connectivity index (χ2n) is 5.54. The van der Waals surface area contributed by atoms with Crippen LogP contribution in [0.2, 0.25) is 0 Å². The van der Waals surface area contributed by atoms with Gasteiger partial charge in [-0.2, -0.15) is 0 Å². The van der Waals surface area contributed by atoms with Crippen LogP contribution < -0.4 is 0 Å². The van der Waals surface area contributed by atoms with Gasteiger partial charge in [-0.15, -0.1) is 0 Å². The molecule has 0 bridgehead atoms. The van der Waals surface area contributed by atoms with E-state index in [1.807, 2.05) is 6.92 Å². The Morgan fingerprint density at radius 1 is 1.50 bits per heavy atom. The first-order valence-electron chi connectivity index (χ1n) is 5.67. The zero-order valence-corrected chi connectivity index (χ0v) is 12.0. The van der Waals surface area contributed by atoms with Crippen molar-refractivity contribution in [2.45, 2.75) is 51.0 Å².